The van der Waals surface area contributed by atoms with Crippen molar-refractivity contribution in [3.63, 3.8) is 0 Å². The van der Waals surface area contributed by atoms with Gasteiger partial charge >= 0.3 is 0 Å². The number of benzene rings is 1. The van der Waals surface area contributed by atoms with E-state index in [1.54, 1.807) is 30.2 Å². The van der Waals surface area contributed by atoms with Crippen molar-refractivity contribution in [3.8, 4) is 0 Å². The molecule has 26 heavy (non-hydrogen) atoms. The van der Waals surface area contributed by atoms with E-state index in [0.29, 0.717) is 38.3 Å². The van der Waals surface area contributed by atoms with Crippen molar-refractivity contribution < 1.29 is 17.9 Å². The first-order valence-electron chi connectivity index (χ1n) is 9.15. The molecule has 8 heteroatoms. The maximum absolute atomic E-state index is 13.0. The number of likely N-dealkylation sites (tertiary alicyclic amines) is 1. The monoisotopic (exact) mass is 381 g/mol. The molecule has 0 bridgehead atoms. The average molecular weight is 381 g/mol. The molecular formula is C18H27N3O4S. The number of methoxy groups -OCH3 is 1. The third kappa shape index (κ3) is 4.09. The molecule has 0 spiro atoms. The first-order chi connectivity index (χ1) is 12.5. The van der Waals surface area contributed by atoms with Crippen LogP contribution in [-0.2, 0) is 14.8 Å². The lowest BCUT2D eigenvalue weighted by Crippen LogP contribution is -2.38. The van der Waals surface area contributed by atoms with Crippen LogP contribution < -0.4 is 5.32 Å². The van der Waals surface area contributed by atoms with Gasteiger partial charge in [0.2, 0.25) is 10.0 Å². The number of carbonyl (C=O) groups is 1. The predicted molar refractivity (Wildman–Crippen MR) is 98.6 cm³/mol. The molecule has 7 nitrogen and oxygen atoms in total. The highest BCUT2D eigenvalue weighted by atomic mass is 32.2. The van der Waals surface area contributed by atoms with Crippen LogP contribution in [0.25, 0.3) is 0 Å². The van der Waals surface area contributed by atoms with E-state index in [9.17, 15) is 13.2 Å². The van der Waals surface area contributed by atoms with Crippen molar-refractivity contribution in [2.75, 3.05) is 46.4 Å². The molecule has 1 amide bonds. The Kier molecular flexibility index (Phi) is 6.29. The average Bonchev–Trinajstić information content (AvgIpc) is 2.92. The lowest BCUT2D eigenvalue weighted by atomic mass is 10.2. The smallest absolute Gasteiger partial charge is 0.254 e. The predicted octanol–water partition coefficient (Wildman–Crippen LogP) is 0.922. The zero-order valence-corrected chi connectivity index (χ0v) is 16.0. The van der Waals surface area contributed by atoms with E-state index in [4.69, 9.17) is 4.74 Å². The first kappa shape index (κ1) is 19.3. The van der Waals surface area contributed by atoms with E-state index in [2.05, 4.69) is 5.32 Å². The number of nitrogens with zero attached hydrogens (tertiary/aromatic N) is 2. The van der Waals surface area contributed by atoms with Crippen LogP contribution >= 0.6 is 0 Å². The van der Waals surface area contributed by atoms with Gasteiger partial charge in [-0.15, -0.1) is 0 Å². The topological polar surface area (TPSA) is 79.0 Å². The Morgan fingerprint density at radius 2 is 2.08 bits per heavy atom. The maximum Gasteiger partial charge on any atom is 0.254 e. The molecule has 1 aromatic carbocycles. The van der Waals surface area contributed by atoms with Crippen molar-refractivity contribution in [1.29, 1.82) is 0 Å². The van der Waals surface area contributed by atoms with Crippen LogP contribution in [0.3, 0.4) is 0 Å². The molecule has 2 aliphatic heterocycles. The number of hydrogen-bond donors (Lipinski definition) is 1. The van der Waals surface area contributed by atoms with E-state index in [1.807, 2.05) is 0 Å². The standard InChI is InChI=1S/C18H27N3O4S/c1-25-14-16-6-3-11-21(16)18(22)15-5-2-7-17(13-15)26(23,24)20-10-4-8-19-9-12-20/h2,5,7,13,16,19H,3-4,6,8-12,14H2,1H3. The molecule has 1 atom stereocenters. The first-order valence-corrected chi connectivity index (χ1v) is 10.6. The summed E-state index contributed by atoms with van der Waals surface area (Å²) in [5.41, 5.74) is 0.419. The highest BCUT2D eigenvalue weighted by molar-refractivity contribution is 7.89. The molecule has 1 unspecified atom stereocenters. The highest BCUT2D eigenvalue weighted by Gasteiger charge is 2.31. The summed E-state index contributed by atoms with van der Waals surface area (Å²) >= 11 is 0. The number of hydrogen-bond acceptors (Lipinski definition) is 5. The normalized spacial score (nSPS) is 22.3. The Morgan fingerprint density at radius 3 is 2.88 bits per heavy atom. The van der Waals surface area contributed by atoms with Gasteiger partial charge in [-0.2, -0.15) is 4.31 Å². The number of nitrogens with one attached hydrogen (secondary N) is 1. The molecule has 0 aliphatic carbocycles. The second kappa shape index (κ2) is 8.47. The molecule has 1 aromatic rings. The Bertz CT molecular complexity index is 730. The molecule has 2 heterocycles. The molecule has 0 aromatic heterocycles. The zero-order valence-electron chi connectivity index (χ0n) is 15.2. The van der Waals surface area contributed by atoms with Gasteiger partial charge in [-0.1, -0.05) is 6.07 Å². The van der Waals surface area contributed by atoms with Gasteiger partial charge in [-0.3, -0.25) is 4.79 Å². The molecule has 0 radical (unpaired) electrons. The summed E-state index contributed by atoms with van der Waals surface area (Å²) in [6.07, 6.45) is 2.64. The summed E-state index contributed by atoms with van der Waals surface area (Å²) in [6.45, 7) is 3.59. The summed E-state index contributed by atoms with van der Waals surface area (Å²) < 4.78 is 32.6. The number of sulfonamides is 1. The van der Waals surface area contributed by atoms with Crippen molar-refractivity contribution in [2.24, 2.45) is 0 Å². The fraction of sp³-hybridized carbons (Fsp3) is 0.611. The van der Waals surface area contributed by atoms with Crippen LogP contribution in [0.2, 0.25) is 0 Å². The minimum absolute atomic E-state index is 0.0597. The van der Waals surface area contributed by atoms with Crippen molar-refractivity contribution in [1.82, 2.24) is 14.5 Å². The van der Waals surface area contributed by atoms with Gasteiger partial charge in [0.25, 0.3) is 5.91 Å². The molecule has 1 N–H and O–H groups in total. The Balaban J connectivity index is 1.82. The Hall–Kier alpha value is -1.48. The van der Waals surface area contributed by atoms with Gasteiger partial charge in [0.1, 0.15) is 0 Å². The molecular weight excluding hydrogens is 354 g/mol. The van der Waals surface area contributed by atoms with Gasteiger partial charge in [0, 0.05) is 38.9 Å². The van der Waals surface area contributed by atoms with Gasteiger partial charge < -0.3 is 15.0 Å². The molecule has 2 fully saturated rings. The molecule has 144 valence electrons. The maximum atomic E-state index is 13.0. The highest BCUT2D eigenvalue weighted by Crippen LogP contribution is 2.23. The second-order valence-corrected chi connectivity index (χ2v) is 8.72. The van der Waals surface area contributed by atoms with Crippen molar-refractivity contribution in [3.05, 3.63) is 29.8 Å². The van der Waals surface area contributed by atoms with Crippen molar-refractivity contribution in [2.45, 2.75) is 30.2 Å². The number of ether oxygens (including phenoxy) is 1. The third-order valence-corrected chi connectivity index (χ3v) is 6.91. The van der Waals surface area contributed by atoms with Gasteiger partial charge in [0.15, 0.2) is 0 Å². The summed E-state index contributed by atoms with van der Waals surface area (Å²) in [6, 6.07) is 6.48. The van der Waals surface area contributed by atoms with E-state index in [1.165, 1.54) is 10.4 Å². The van der Waals surface area contributed by atoms with E-state index in [0.717, 1.165) is 25.8 Å². The van der Waals surface area contributed by atoms with Crippen LogP contribution in [0, 0.1) is 0 Å². The van der Waals surface area contributed by atoms with Crippen LogP contribution in [-0.4, -0.2) is 76.0 Å². The number of carbonyl (C=O) groups excluding carboxylic acids is 1. The van der Waals surface area contributed by atoms with E-state index < -0.39 is 10.0 Å². The van der Waals surface area contributed by atoms with Crippen LogP contribution in [0.5, 0.6) is 0 Å². The third-order valence-electron chi connectivity index (χ3n) is 5.01. The Labute approximate surface area is 155 Å². The fourth-order valence-corrected chi connectivity index (χ4v) is 5.16. The van der Waals surface area contributed by atoms with Gasteiger partial charge in [-0.25, -0.2) is 8.42 Å². The van der Waals surface area contributed by atoms with Crippen molar-refractivity contribution >= 4 is 15.9 Å². The van der Waals surface area contributed by atoms with Crippen LogP contribution in [0.1, 0.15) is 29.6 Å². The van der Waals surface area contributed by atoms with E-state index >= 15 is 0 Å². The summed E-state index contributed by atoms with van der Waals surface area (Å²) in [7, 11) is -1.96. The molecule has 2 saturated heterocycles. The van der Waals surface area contributed by atoms with E-state index in [-0.39, 0.29) is 16.8 Å². The van der Waals surface area contributed by atoms with Gasteiger partial charge in [-0.05, 0) is 44.0 Å². The Morgan fingerprint density at radius 1 is 1.23 bits per heavy atom. The molecule has 3 rings (SSSR count). The minimum atomic E-state index is -3.59. The second-order valence-electron chi connectivity index (χ2n) is 6.79. The summed E-state index contributed by atoms with van der Waals surface area (Å²) in [5.74, 6) is -0.126. The number of rotatable bonds is 5. The molecule has 0 saturated carbocycles. The van der Waals surface area contributed by atoms with Crippen LogP contribution in [0.15, 0.2) is 29.2 Å². The lowest BCUT2D eigenvalue weighted by Gasteiger charge is -2.25. The zero-order chi connectivity index (χ0) is 18.6. The minimum Gasteiger partial charge on any atom is -0.383 e. The number of amides is 1. The largest absolute Gasteiger partial charge is 0.383 e. The fourth-order valence-electron chi connectivity index (χ4n) is 3.63. The molecule has 2 aliphatic rings. The lowest BCUT2D eigenvalue weighted by molar-refractivity contribution is 0.0630. The van der Waals surface area contributed by atoms with Crippen LogP contribution in [0.4, 0.5) is 0 Å². The quantitative estimate of drug-likeness (QED) is 0.821. The summed E-state index contributed by atoms with van der Waals surface area (Å²) in [4.78, 5) is 14.9. The van der Waals surface area contributed by atoms with Gasteiger partial charge in [0.05, 0.1) is 17.5 Å². The SMILES string of the molecule is COCC1CCCN1C(=O)c1cccc(S(=O)(=O)N2CCCNCC2)c1. The summed E-state index contributed by atoms with van der Waals surface area (Å²) in [5, 5.41) is 3.21.